The van der Waals surface area contributed by atoms with Crippen LogP contribution in [0.15, 0.2) is 0 Å². The van der Waals surface area contributed by atoms with Crippen molar-refractivity contribution in [2.75, 3.05) is 26.2 Å². The van der Waals surface area contributed by atoms with Crippen molar-refractivity contribution in [3.8, 4) is 0 Å². The monoisotopic (exact) mass is 210 g/mol. The first-order valence-corrected chi connectivity index (χ1v) is 6.68. The molecule has 0 amide bonds. The molecule has 88 valence electrons. The fourth-order valence-corrected chi connectivity index (χ4v) is 2.85. The molecule has 0 saturated carbocycles. The Kier molecular flexibility index (Phi) is 3.68. The predicted molar refractivity (Wildman–Crippen MR) is 65.1 cm³/mol. The van der Waals surface area contributed by atoms with E-state index >= 15 is 0 Å². The first-order chi connectivity index (χ1) is 7.22. The van der Waals surface area contributed by atoms with Crippen molar-refractivity contribution in [1.82, 2.24) is 10.2 Å². The second-order valence-corrected chi connectivity index (χ2v) is 5.76. The van der Waals surface area contributed by atoms with E-state index in [1.54, 1.807) is 0 Å². The minimum absolute atomic E-state index is 0.638. The highest BCUT2D eigenvalue weighted by molar-refractivity contribution is 4.84. The summed E-state index contributed by atoms with van der Waals surface area (Å²) in [5, 5.41) is 3.60. The van der Waals surface area contributed by atoms with E-state index in [9.17, 15) is 0 Å². The van der Waals surface area contributed by atoms with Crippen molar-refractivity contribution in [2.24, 2.45) is 5.41 Å². The van der Waals surface area contributed by atoms with E-state index in [0.717, 1.165) is 6.04 Å². The summed E-state index contributed by atoms with van der Waals surface area (Å²) >= 11 is 0. The van der Waals surface area contributed by atoms with Crippen LogP contribution in [-0.4, -0.2) is 37.1 Å². The first-order valence-electron chi connectivity index (χ1n) is 6.68. The van der Waals surface area contributed by atoms with Crippen molar-refractivity contribution >= 4 is 0 Å². The first kappa shape index (κ1) is 11.4. The number of likely N-dealkylation sites (tertiary alicyclic amines) is 1. The number of hydrogen-bond donors (Lipinski definition) is 1. The molecule has 2 saturated heterocycles. The second kappa shape index (κ2) is 4.84. The lowest BCUT2D eigenvalue weighted by Crippen LogP contribution is -2.44. The summed E-state index contributed by atoms with van der Waals surface area (Å²) in [5.74, 6) is 0. The lowest BCUT2D eigenvalue weighted by atomic mass is 9.78. The maximum atomic E-state index is 3.60. The van der Waals surface area contributed by atoms with Gasteiger partial charge in [-0.05, 0) is 50.7 Å². The molecular formula is C13H26N2. The molecule has 0 aliphatic carbocycles. The minimum Gasteiger partial charge on any atom is -0.313 e. The number of hydrogen-bond acceptors (Lipinski definition) is 2. The van der Waals surface area contributed by atoms with Gasteiger partial charge in [0.1, 0.15) is 0 Å². The largest absolute Gasteiger partial charge is 0.313 e. The van der Waals surface area contributed by atoms with Crippen LogP contribution >= 0.6 is 0 Å². The van der Waals surface area contributed by atoms with Gasteiger partial charge in [-0.3, -0.25) is 0 Å². The highest BCUT2D eigenvalue weighted by atomic mass is 15.2. The van der Waals surface area contributed by atoms with Gasteiger partial charge in [-0.2, -0.15) is 0 Å². The standard InChI is InChI=1S/C13H26N2/c1-3-13(2)6-9-15(10-7-13)11-12-5-4-8-14-12/h12,14H,3-11H2,1-2H3/t12-/m0/s1. The van der Waals surface area contributed by atoms with Gasteiger partial charge in [0.15, 0.2) is 0 Å². The molecule has 1 N–H and O–H groups in total. The van der Waals surface area contributed by atoms with E-state index in [0.29, 0.717) is 5.41 Å². The lowest BCUT2D eigenvalue weighted by molar-refractivity contribution is 0.108. The van der Waals surface area contributed by atoms with Crippen molar-refractivity contribution < 1.29 is 0 Å². The zero-order valence-corrected chi connectivity index (χ0v) is 10.4. The summed E-state index contributed by atoms with van der Waals surface area (Å²) in [6.45, 7) is 9.97. The van der Waals surface area contributed by atoms with Crippen LogP contribution in [0.2, 0.25) is 0 Å². The summed E-state index contributed by atoms with van der Waals surface area (Å²) in [7, 11) is 0. The smallest absolute Gasteiger partial charge is 0.0195 e. The Bertz CT molecular complexity index is 189. The summed E-state index contributed by atoms with van der Waals surface area (Å²) in [4.78, 5) is 2.67. The van der Waals surface area contributed by atoms with Crippen LogP contribution in [0.1, 0.15) is 46.0 Å². The van der Waals surface area contributed by atoms with Crippen molar-refractivity contribution in [1.29, 1.82) is 0 Å². The highest BCUT2D eigenvalue weighted by Crippen LogP contribution is 2.33. The zero-order valence-electron chi connectivity index (χ0n) is 10.4. The molecule has 0 aromatic carbocycles. The van der Waals surface area contributed by atoms with E-state index < -0.39 is 0 Å². The fraction of sp³-hybridized carbons (Fsp3) is 1.00. The summed E-state index contributed by atoms with van der Waals surface area (Å²) in [5.41, 5.74) is 0.638. The van der Waals surface area contributed by atoms with E-state index in [2.05, 4.69) is 24.1 Å². The Morgan fingerprint density at radius 3 is 2.60 bits per heavy atom. The highest BCUT2D eigenvalue weighted by Gasteiger charge is 2.29. The van der Waals surface area contributed by atoms with Gasteiger partial charge >= 0.3 is 0 Å². The molecule has 0 aromatic rings. The van der Waals surface area contributed by atoms with Crippen LogP contribution < -0.4 is 5.32 Å². The molecule has 0 aromatic heterocycles. The fourth-order valence-electron chi connectivity index (χ4n) is 2.85. The van der Waals surface area contributed by atoms with Crippen molar-refractivity contribution in [2.45, 2.75) is 52.0 Å². The van der Waals surface area contributed by atoms with Crippen LogP contribution in [-0.2, 0) is 0 Å². The Labute approximate surface area is 94.4 Å². The van der Waals surface area contributed by atoms with Gasteiger partial charge < -0.3 is 10.2 Å². The minimum atomic E-state index is 0.638. The predicted octanol–water partition coefficient (Wildman–Crippen LogP) is 2.25. The summed E-state index contributed by atoms with van der Waals surface area (Å²) in [6.07, 6.45) is 6.92. The number of nitrogens with zero attached hydrogens (tertiary/aromatic N) is 1. The van der Waals surface area contributed by atoms with E-state index in [-0.39, 0.29) is 0 Å². The normalized spacial score (nSPS) is 32.0. The average Bonchev–Trinajstić information content (AvgIpc) is 2.75. The quantitative estimate of drug-likeness (QED) is 0.768. The van der Waals surface area contributed by atoms with Gasteiger partial charge in [-0.1, -0.05) is 20.3 Å². The topological polar surface area (TPSA) is 15.3 Å². The Hall–Kier alpha value is -0.0800. The van der Waals surface area contributed by atoms with Gasteiger partial charge in [0.2, 0.25) is 0 Å². The summed E-state index contributed by atoms with van der Waals surface area (Å²) < 4.78 is 0. The molecule has 15 heavy (non-hydrogen) atoms. The number of piperidine rings is 1. The van der Waals surface area contributed by atoms with E-state index in [4.69, 9.17) is 0 Å². The third-order valence-electron chi connectivity index (χ3n) is 4.56. The molecule has 0 radical (unpaired) electrons. The van der Waals surface area contributed by atoms with Gasteiger partial charge in [0, 0.05) is 12.6 Å². The second-order valence-electron chi connectivity index (χ2n) is 5.76. The van der Waals surface area contributed by atoms with Crippen LogP contribution in [0.3, 0.4) is 0 Å². The van der Waals surface area contributed by atoms with Gasteiger partial charge in [-0.25, -0.2) is 0 Å². The molecule has 2 heterocycles. The Morgan fingerprint density at radius 2 is 2.07 bits per heavy atom. The molecule has 2 aliphatic rings. The molecule has 0 bridgehead atoms. The van der Waals surface area contributed by atoms with Crippen molar-refractivity contribution in [3.05, 3.63) is 0 Å². The third-order valence-corrected chi connectivity index (χ3v) is 4.56. The third kappa shape index (κ3) is 2.94. The number of rotatable bonds is 3. The maximum Gasteiger partial charge on any atom is 0.0195 e. The molecule has 0 unspecified atom stereocenters. The maximum absolute atomic E-state index is 3.60. The van der Waals surface area contributed by atoms with Crippen LogP contribution in [0.5, 0.6) is 0 Å². The molecule has 0 spiro atoms. The number of nitrogens with one attached hydrogen (secondary N) is 1. The molecule has 2 heteroatoms. The van der Waals surface area contributed by atoms with Gasteiger partial charge in [0.05, 0.1) is 0 Å². The lowest BCUT2D eigenvalue weighted by Gasteiger charge is -2.39. The van der Waals surface area contributed by atoms with Gasteiger partial charge in [0.25, 0.3) is 0 Å². The van der Waals surface area contributed by atoms with E-state index in [1.165, 1.54) is 58.3 Å². The van der Waals surface area contributed by atoms with Crippen LogP contribution in [0.4, 0.5) is 0 Å². The molecule has 2 nitrogen and oxygen atoms in total. The molecule has 2 fully saturated rings. The van der Waals surface area contributed by atoms with Crippen LogP contribution in [0.25, 0.3) is 0 Å². The molecule has 2 aliphatic heterocycles. The van der Waals surface area contributed by atoms with Gasteiger partial charge in [-0.15, -0.1) is 0 Å². The Morgan fingerprint density at radius 1 is 1.33 bits per heavy atom. The molecular weight excluding hydrogens is 184 g/mol. The SMILES string of the molecule is CCC1(C)CCN(C[C@@H]2CCCN2)CC1. The van der Waals surface area contributed by atoms with Crippen molar-refractivity contribution in [3.63, 3.8) is 0 Å². The Balaban J connectivity index is 1.73. The van der Waals surface area contributed by atoms with E-state index in [1.807, 2.05) is 0 Å². The average molecular weight is 210 g/mol. The molecule has 1 atom stereocenters. The zero-order chi connectivity index (χ0) is 10.7. The summed E-state index contributed by atoms with van der Waals surface area (Å²) in [6, 6.07) is 0.788. The molecule has 2 rings (SSSR count). The van der Waals surface area contributed by atoms with Crippen LogP contribution in [0, 0.1) is 5.41 Å².